The van der Waals surface area contributed by atoms with Crippen LogP contribution in [0.3, 0.4) is 0 Å². The molecular formula is C23H28N12O. The smallest absolute Gasteiger partial charge is 0.317 e. The number of nitrogens with zero attached hydrogens (tertiary/aromatic N) is 9. The van der Waals surface area contributed by atoms with Crippen molar-refractivity contribution in [3.8, 4) is 5.82 Å². The van der Waals surface area contributed by atoms with E-state index in [1.807, 2.05) is 49.9 Å². The highest BCUT2D eigenvalue weighted by molar-refractivity contribution is 5.75. The summed E-state index contributed by atoms with van der Waals surface area (Å²) in [6.45, 7) is 8.23. The normalized spacial score (nSPS) is 14.5. The summed E-state index contributed by atoms with van der Waals surface area (Å²) in [4.78, 5) is 31.9. The summed E-state index contributed by atoms with van der Waals surface area (Å²) in [6.07, 6.45) is 4.92. The Bertz CT molecular complexity index is 1310. The SMILES string of the molecule is Cc1cc(Nc2cc(C)[nH]n2)nc(N2CCN(C(=O)N[C@@H](C)c3ccc(-n4nccn4)nc3)CC2)n1. The molecule has 5 rings (SSSR count). The van der Waals surface area contributed by atoms with E-state index in [4.69, 9.17) is 0 Å². The molecular weight excluding hydrogens is 460 g/mol. The lowest BCUT2D eigenvalue weighted by Gasteiger charge is -2.35. The Morgan fingerprint density at radius 2 is 1.81 bits per heavy atom. The molecule has 1 saturated heterocycles. The molecule has 3 N–H and O–H groups in total. The average Bonchev–Trinajstić information content (AvgIpc) is 3.56. The number of aryl methyl sites for hydroxylation is 2. The molecule has 0 aliphatic carbocycles. The highest BCUT2D eigenvalue weighted by Crippen LogP contribution is 2.19. The van der Waals surface area contributed by atoms with E-state index in [0.29, 0.717) is 49.6 Å². The van der Waals surface area contributed by atoms with Crippen LogP contribution >= 0.6 is 0 Å². The number of urea groups is 1. The van der Waals surface area contributed by atoms with E-state index in [-0.39, 0.29) is 12.1 Å². The summed E-state index contributed by atoms with van der Waals surface area (Å²) < 4.78 is 0. The number of aromatic amines is 1. The molecule has 4 aromatic rings. The molecule has 1 fully saturated rings. The van der Waals surface area contributed by atoms with E-state index < -0.39 is 0 Å². The maximum atomic E-state index is 12.9. The van der Waals surface area contributed by atoms with Crippen molar-refractivity contribution < 1.29 is 4.79 Å². The van der Waals surface area contributed by atoms with Gasteiger partial charge in [0.1, 0.15) is 5.82 Å². The van der Waals surface area contributed by atoms with Gasteiger partial charge in [-0.3, -0.25) is 5.10 Å². The molecule has 1 aliphatic rings. The van der Waals surface area contributed by atoms with Gasteiger partial charge in [0.05, 0.1) is 18.4 Å². The van der Waals surface area contributed by atoms with Crippen LogP contribution in [0.5, 0.6) is 0 Å². The third-order valence-corrected chi connectivity index (χ3v) is 5.89. The third kappa shape index (κ3) is 5.24. The van der Waals surface area contributed by atoms with Gasteiger partial charge in [-0.15, -0.1) is 4.80 Å². The average molecular weight is 489 g/mol. The van der Waals surface area contributed by atoms with E-state index in [9.17, 15) is 4.79 Å². The van der Waals surface area contributed by atoms with Crippen molar-refractivity contribution in [1.82, 2.24) is 50.4 Å². The van der Waals surface area contributed by atoms with Gasteiger partial charge in [0.2, 0.25) is 5.95 Å². The van der Waals surface area contributed by atoms with Gasteiger partial charge in [-0.2, -0.15) is 20.3 Å². The van der Waals surface area contributed by atoms with E-state index >= 15 is 0 Å². The van der Waals surface area contributed by atoms with Gasteiger partial charge in [-0.1, -0.05) is 6.07 Å². The minimum atomic E-state index is -0.193. The Morgan fingerprint density at radius 3 is 2.47 bits per heavy atom. The lowest BCUT2D eigenvalue weighted by molar-refractivity contribution is 0.191. The van der Waals surface area contributed by atoms with Crippen LogP contribution in [0.4, 0.5) is 22.4 Å². The van der Waals surface area contributed by atoms with Crippen LogP contribution in [-0.2, 0) is 0 Å². The van der Waals surface area contributed by atoms with Crippen LogP contribution in [0.15, 0.2) is 42.9 Å². The summed E-state index contributed by atoms with van der Waals surface area (Å²) in [7, 11) is 0. The summed E-state index contributed by atoms with van der Waals surface area (Å²) in [5.41, 5.74) is 2.72. The standard InChI is InChI=1S/C23H28N12O/c1-15-12-19(29-20-13-16(2)31-32-20)30-22(27-15)33-8-10-34(11-9-33)23(36)28-17(3)18-4-5-21(24-14-18)35-25-6-7-26-35/h4-7,12-14,17H,8-11H2,1-3H3,(H,28,36)(H2,27,29,30,31,32)/t17-/m0/s1. The number of hydrogen-bond acceptors (Lipinski definition) is 9. The largest absolute Gasteiger partial charge is 0.337 e. The number of amides is 2. The Labute approximate surface area is 208 Å². The number of aromatic nitrogens is 8. The number of pyridine rings is 1. The first-order valence-corrected chi connectivity index (χ1v) is 11.7. The zero-order valence-electron chi connectivity index (χ0n) is 20.4. The van der Waals surface area contributed by atoms with Crippen molar-refractivity contribution in [1.29, 1.82) is 0 Å². The van der Waals surface area contributed by atoms with Gasteiger partial charge in [-0.25, -0.2) is 14.8 Å². The number of piperazine rings is 1. The fourth-order valence-electron chi connectivity index (χ4n) is 3.95. The van der Waals surface area contributed by atoms with Crippen molar-refractivity contribution in [2.45, 2.75) is 26.8 Å². The number of rotatable bonds is 6. The summed E-state index contributed by atoms with van der Waals surface area (Å²) in [6, 6.07) is 7.24. The highest BCUT2D eigenvalue weighted by Gasteiger charge is 2.24. The molecule has 5 heterocycles. The first-order valence-electron chi connectivity index (χ1n) is 11.7. The molecule has 0 saturated carbocycles. The quantitative estimate of drug-likeness (QED) is 0.371. The molecule has 0 spiro atoms. The van der Waals surface area contributed by atoms with Crippen LogP contribution < -0.4 is 15.5 Å². The highest BCUT2D eigenvalue weighted by atomic mass is 16.2. The molecule has 0 aromatic carbocycles. The molecule has 4 aromatic heterocycles. The Balaban J connectivity index is 1.16. The van der Waals surface area contributed by atoms with E-state index in [1.165, 1.54) is 4.80 Å². The minimum Gasteiger partial charge on any atom is -0.337 e. The maximum Gasteiger partial charge on any atom is 0.317 e. The fourth-order valence-corrected chi connectivity index (χ4v) is 3.95. The molecule has 1 atom stereocenters. The molecule has 0 radical (unpaired) electrons. The van der Waals surface area contributed by atoms with Crippen LogP contribution in [0, 0.1) is 13.8 Å². The van der Waals surface area contributed by atoms with Crippen LogP contribution in [0.1, 0.15) is 29.9 Å². The maximum absolute atomic E-state index is 12.9. The number of anilines is 3. The van der Waals surface area contributed by atoms with Gasteiger partial charge < -0.3 is 20.4 Å². The molecule has 186 valence electrons. The Morgan fingerprint density at radius 1 is 1.03 bits per heavy atom. The predicted octanol–water partition coefficient (Wildman–Crippen LogP) is 2.13. The second-order valence-corrected chi connectivity index (χ2v) is 8.67. The second kappa shape index (κ2) is 9.98. The summed E-state index contributed by atoms with van der Waals surface area (Å²) in [5, 5.41) is 21.5. The summed E-state index contributed by atoms with van der Waals surface area (Å²) >= 11 is 0. The monoisotopic (exact) mass is 488 g/mol. The summed E-state index contributed by atoms with van der Waals surface area (Å²) in [5.74, 6) is 2.64. The zero-order chi connectivity index (χ0) is 25.1. The van der Waals surface area contributed by atoms with Gasteiger partial charge >= 0.3 is 6.03 Å². The molecule has 0 bridgehead atoms. The molecule has 0 unspecified atom stereocenters. The van der Waals surface area contributed by atoms with Crippen molar-refractivity contribution in [3.63, 3.8) is 0 Å². The van der Waals surface area contributed by atoms with E-state index in [0.717, 1.165) is 17.0 Å². The third-order valence-electron chi connectivity index (χ3n) is 5.89. The second-order valence-electron chi connectivity index (χ2n) is 8.67. The molecule has 13 heteroatoms. The molecule has 13 nitrogen and oxygen atoms in total. The van der Waals surface area contributed by atoms with Gasteiger partial charge in [-0.05, 0) is 32.4 Å². The van der Waals surface area contributed by atoms with Gasteiger partial charge in [0, 0.05) is 55.9 Å². The van der Waals surface area contributed by atoms with E-state index in [1.54, 1.807) is 18.6 Å². The predicted molar refractivity (Wildman–Crippen MR) is 133 cm³/mol. The Hall–Kier alpha value is -4.55. The zero-order valence-corrected chi connectivity index (χ0v) is 20.4. The molecule has 36 heavy (non-hydrogen) atoms. The fraction of sp³-hybridized carbons (Fsp3) is 0.348. The van der Waals surface area contributed by atoms with Crippen molar-refractivity contribution in [3.05, 3.63) is 59.8 Å². The van der Waals surface area contributed by atoms with Crippen LogP contribution in [0.25, 0.3) is 5.82 Å². The van der Waals surface area contributed by atoms with Gasteiger partial charge in [0.25, 0.3) is 0 Å². The van der Waals surface area contributed by atoms with Crippen molar-refractivity contribution >= 4 is 23.6 Å². The number of H-pyrrole nitrogens is 1. The van der Waals surface area contributed by atoms with Crippen molar-refractivity contribution in [2.24, 2.45) is 0 Å². The first kappa shape index (κ1) is 23.2. The van der Waals surface area contributed by atoms with Crippen LogP contribution in [-0.4, -0.2) is 77.3 Å². The molecule has 2 amide bonds. The van der Waals surface area contributed by atoms with Gasteiger partial charge in [0.15, 0.2) is 11.6 Å². The lowest BCUT2D eigenvalue weighted by Crippen LogP contribution is -2.52. The van der Waals surface area contributed by atoms with E-state index in [2.05, 4.69) is 50.9 Å². The molecule has 1 aliphatic heterocycles. The van der Waals surface area contributed by atoms with Crippen molar-refractivity contribution in [2.75, 3.05) is 36.4 Å². The first-order chi connectivity index (χ1) is 17.4. The topological polar surface area (TPSA) is 146 Å². The number of carbonyl (C=O) groups excluding carboxylic acids is 1. The lowest BCUT2D eigenvalue weighted by atomic mass is 10.1. The number of carbonyl (C=O) groups is 1. The number of nitrogens with one attached hydrogen (secondary N) is 3. The Kier molecular flexibility index (Phi) is 6.43. The number of hydrogen-bond donors (Lipinski definition) is 3. The van der Waals surface area contributed by atoms with Crippen LogP contribution in [0.2, 0.25) is 0 Å². The minimum absolute atomic E-state index is 0.110.